The third-order valence-corrected chi connectivity index (χ3v) is 4.28. The summed E-state index contributed by atoms with van der Waals surface area (Å²) in [5.74, 6) is -1.11. The van der Waals surface area contributed by atoms with Crippen molar-refractivity contribution in [2.45, 2.75) is 0 Å². The van der Waals surface area contributed by atoms with Crippen molar-refractivity contribution in [2.75, 3.05) is 7.11 Å². The first-order valence-corrected chi connectivity index (χ1v) is 7.27. The number of ether oxygens (including phenoxy) is 1. The van der Waals surface area contributed by atoms with Gasteiger partial charge in [0.25, 0.3) is 0 Å². The molecule has 5 nitrogen and oxygen atoms in total. The Hall–Kier alpha value is -1.73. The minimum absolute atomic E-state index is 0.103. The van der Waals surface area contributed by atoms with E-state index in [4.69, 9.17) is 4.74 Å². The van der Waals surface area contributed by atoms with Crippen LogP contribution in [0.4, 0.5) is 0 Å². The van der Waals surface area contributed by atoms with Gasteiger partial charge in [-0.25, -0.2) is 0 Å². The van der Waals surface area contributed by atoms with Crippen LogP contribution in [-0.4, -0.2) is 28.2 Å². The summed E-state index contributed by atoms with van der Waals surface area (Å²) in [5, 5.41) is 28.6. The van der Waals surface area contributed by atoms with Gasteiger partial charge in [0.05, 0.1) is 11.6 Å². The molecule has 0 aliphatic carbocycles. The van der Waals surface area contributed by atoms with Crippen LogP contribution in [0.3, 0.4) is 0 Å². The second-order valence-electron chi connectivity index (χ2n) is 4.13. The van der Waals surface area contributed by atoms with Crippen LogP contribution in [0.25, 0.3) is 0 Å². The number of hydrogen-bond acceptors (Lipinski definition) is 5. The molecule has 0 aliphatic heterocycles. The monoisotopic (exact) mass is 416 g/mol. The summed E-state index contributed by atoms with van der Waals surface area (Å²) in [6, 6.07) is 5.16. The van der Waals surface area contributed by atoms with Crippen LogP contribution in [0.2, 0.25) is 0 Å². The largest absolute Gasteiger partial charge is 0.504 e. The van der Waals surface area contributed by atoms with E-state index in [2.05, 4.69) is 31.9 Å². The van der Waals surface area contributed by atoms with Gasteiger partial charge in [-0.05, 0) is 56.1 Å². The minimum atomic E-state index is -0.414. The van der Waals surface area contributed by atoms with Crippen LogP contribution in [0.1, 0.15) is 15.9 Å². The topological polar surface area (TPSA) is 87.0 Å². The summed E-state index contributed by atoms with van der Waals surface area (Å²) in [6.07, 6.45) is 0. The predicted molar refractivity (Wildman–Crippen MR) is 83.3 cm³/mol. The number of ketones is 1. The molecule has 0 aliphatic rings. The number of carbonyl (C=O) groups is 1. The highest BCUT2D eigenvalue weighted by Gasteiger charge is 2.21. The second kappa shape index (κ2) is 5.95. The molecule has 0 heterocycles. The molecule has 2 rings (SSSR count). The molecule has 0 amide bonds. The highest BCUT2D eigenvalue weighted by atomic mass is 79.9. The van der Waals surface area contributed by atoms with Crippen molar-refractivity contribution < 1.29 is 24.9 Å². The Morgan fingerprint density at radius 3 is 2.24 bits per heavy atom. The van der Waals surface area contributed by atoms with Crippen molar-refractivity contribution in [3.63, 3.8) is 0 Å². The van der Waals surface area contributed by atoms with Gasteiger partial charge in [0.1, 0.15) is 0 Å². The average Bonchev–Trinajstić information content (AvgIpc) is 2.43. The van der Waals surface area contributed by atoms with Gasteiger partial charge >= 0.3 is 0 Å². The molecule has 0 bridgehead atoms. The van der Waals surface area contributed by atoms with Crippen LogP contribution in [0.5, 0.6) is 23.0 Å². The van der Waals surface area contributed by atoms with E-state index >= 15 is 0 Å². The van der Waals surface area contributed by atoms with Gasteiger partial charge in [-0.15, -0.1) is 0 Å². The molecule has 0 unspecified atom stereocenters. The van der Waals surface area contributed by atoms with Gasteiger partial charge in [0, 0.05) is 15.6 Å². The first-order chi connectivity index (χ1) is 9.86. The average molecular weight is 418 g/mol. The van der Waals surface area contributed by atoms with Gasteiger partial charge in [-0.2, -0.15) is 0 Å². The first-order valence-electron chi connectivity index (χ1n) is 5.68. The summed E-state index contributed by atoms with van der Waals surface area (Å²) in [7, 11) is 1.37. The zero-order valence-electron chi connectivity index (χ0n) is 10.7. The number of carbonyl (C=O) groups excluding carboxylic acids is 1. The quantitative estimate of drug-likeness (QED) is 0.525. The number of hydrogen-bond donors (Lipinski definition) is 3. The molecule has 0 spiro atoms. The fraction of sp³-hybridized carbons (Fsp3) is 0.0714. The Morgan fingerprint density at radius 1 is 1.00 bits per heavy atom. The smallest absolute Gasteiger partial charge is 0.195 e. The number of phenols is 3. The lowest BCUT2D eigenvalue weighted by atomic mass is 10.0. The Balaban J connectivity index is 2.58. The number of benzene rings is 2. The molecule has 110 valence electrons. The van der Waals surface area contributed by atoms with E-state index in [0.29, 0.717) is 8.95 Å². The van der Waals surface area contributed by atoms with Crippen molar-refractivity contribution in [2.24, 2.45) is 0 Å². The van der Waals surface area contributed by atoms with Crippen LogP contribution in [-0.2, 0) is 0 Å². The molecule has 0 aromatic heterocycles. The molecular formula is C14H10Br2O5. The molecule has 2 aromatic carbocycles. The summed E-state index contributed by atoms with van der Waals surface area (Å²) in [6.45, 7) is 0. The Labute approximate surface area is 137 Å². The van der Waals surface area contributed by atoms with Gasteiger partial charge in [-0.3, -0.25) is 4.79 Å². The number of aromatic hydroxyl groups is 3. The van der Waals surface area contributed by atoms with Gasteiger partial charge in [-0.1, -0.05) is 0 Å². The molecule has 3 N–H and O–H groups in total. The molecule has 0 atom stereocenters. The molecule has 0 fully saturated rings. The van der Waals surface area contributed by atoms with Gasteiger partial charge in [0.15, 0.2) is 28.8 Å². The van der Waals surface area contributed by atoms with Crippen molar-refractivity contribution in [1.82, 2.24) is 0 Å². The van der Waals surface area contributed by atoms with E-state index in [1.54, 1.807) is 0 Å². The Bertz CT molecular complexity index is 728. The standard InChI is InChI=1S/C14H10Br2O5/c1-21-14-9(17)3-2-6(12(14)16)13(20)7-4-10(18)11(19)5-8(7)15/h2-5,17-19H,1H3. The molecule has 21 heavy (non-hydrogen) atoms. The Morgan fingerprint density at radius 2 is 1.62 bits per heavy atom. The number of methoxy groups -OCH3 is 1. The van der Waals surface area contributed by atoms with E-state index in [-0.39, 0.29) is 28.4 Å². The summed E-state index contributed by atoms with van der Waals surface area (Å²) >= 11 is 6.38. The zero-order valence-corrected chi connectivity index (χ0v) is 13.9. The van der Waals surface area contributed by atoms with Crippen LogP contribution < -0.4 is 4.74 Å². The van der Waals surface area contributed by atoms with Gasteiger partial charge in [0.2, 0.25) is 0 Å². The molecule has 0 saturated heterocycles. The maximum absolute atomic E-state index is 12.5. The number of rotatable bonds is 3. The summed E-state index contributed by atoms with van der Waals surface area (Å²) in [4.78, 5) is 12.5. The molecule has 2 aromatic rings. The fourth-order valence-corrected chi connectivity index (χ4v) is 2.97. The van der Waals surface area contributed by atoms with Crippen LogP contribution in [0.15, 0.2) is 33.2 Å². The maximum atomic E-state index is 12.5. The van der Waals surface area contributed by atoms with Crippen molar-refractivity contribution in [3.8, 4) is 23.0 Å². The molecular weight excluding hydrogens is 408 g/mol. The van der Waals surface area contributed by atoms with Crippen molar-refractivity contribution in [3.05, 3.63) is 44.3 Å². The summed E-state index contributed by atoms with van der Waals surface area (Å²) < 4.78 is 5.66. The van der Waals surface area contributed by atoms with Crippen molar-refractivity contribution >= 4 is 37.6 Å². The van der Waals surface area contributed by atoms with E-state index < -0.39 is 11.5 Å². The van der Waals surface area contributed by atoms with Crippen molar-refractivity contribution in [1.29, 1.82) is 0 Å². The minimum Gasteiger partial charge on any atom is -0.504 e. The first kappa shape index (κ1) is 15.7. The molecule has 0 radical (unpaired) electrons. The zero-order chi connectivity index (χ0) is 15.7. The second-order valence-corrected chi connectivity index (χ2v) is 5.78. The molecule has 7 heteroatoms. The van der Waals surface area contributed by atoms with E-state index in [1.165, 1.54) is 25.3 Å². The normalized spacial score (nSPS) is 10.4. The lowest BCUT2D eigenvalue weighted by Gasteiger charge is -2.11. The highest BCUT2D eigenvalue weighted by Crippen LogP contribution is 2.39. The third-order valence-electron chi connectivity index (χ3n) is 2.83. The van der Waals surface area contributed by atoms with Crippen LogP contribution >= 0.6 is 31.9 Å². The summed E-state index contributed by atoms with van der Waals surface area (Å²) in [5.41, 5.74) is 0.411. The highest BCUT2D eigenvalue weighted by molar-refractivity contribution is 9.11. The predicted octanol–water partition coefficient (Wildman–Crippen LogP) is 3.57. The number of halogens is 2. The van der Waals surface area contributed by atoms with Gasteiger partial charge < -0.3 is 20.1 Å². The Kier molecular flexibility index (Phi) is 4.43. The van der Waals surface area contributed by atoms with E-state index in [1.807, 2.05) is 0 Å². The lowest BCUT2D eigenvalue weighted by molar-refractivity contribution is 0.103. The SMILES string of the molecule is COc1c(O)ccc(C(=O)c2cc(O)c(O)cc2Br)c1Br. The third kappa shape index (κ3) is 2.84. The lowest BCUT2D eigenvalue weighted by Crippen LogP contribution is -2.04. The van der Waals surface area contributed by atoms with E-state index in [9.17, 15) is 20.1 Å². The maximum Gasteiger partial charge on any atom is 0.195 e. The number of phenolic OH excluding ortho intramolecular Hbond substituents is 3. The molecule has 0 saturated carbocycles. The fourth-order valence-electron chi connectivity index (χ4n) is 1.79. The van der Waals surface area contributed by atoms with Crippen LogP contribution in [0, 0.1) is 0 Å². The van der Waals surface area contributed by atoms with E-state index in [0.717, 1.165) is 6.07 Å².